The molecule has 0 fully saturated rings. The summed E-state index contributed by atoms with van der Waals surface area (Å²) >= 11 is 2.81. The number of fused-ring (bicyclic) bond motifs is 1. The molecule has 4 aromatic rings. The topological polar surface area (TPSA) is 69.9 Å². The van der Waals surface area contributed by atoms with Crippen LogP contribution in [0.25, 0.3) is 11.8 Å². The van der Waals surface area contributed by atoms with Crippen molar-refractivity contribution in [3.8, 4) is 5.75 Å². The van der Waals surface area contributed by atoms with Gasteiger partial charge in [-0.1, -0.05) is 73.7 Å². The quantitative estimate of drug-likeness (QED) is 0.292. The Bertz CT molecular complexity index is 1630. The molecular weight excluding hydrogens is 516 g/mol. The zero-order chi connectivity index (χ0) is 26.6. The van der Waals surface area contributed by atoms with Crippen molar-refractivity contribution in [3.63, 3.8) is 0 Å². The number of thiophene rings is 1. The zero-order valence-electron chi connectivity index (χ0n) is 21.4. The molecule has 0 bridgehead atoms. The number of hydrogen-bond acceptors (Lipinski definition) is 7. The van der Waals surface area contributed by atoms with Crippen molar-refractivity contribution in [1.29, 1.82) is 0 Å². The van der Waals surface area contributed by atoms with Crippen molar-refractivity contribution in [1.82, 2.24) is 4.57 Å². The lowest BCUT2D eigenvalue weighted by molar-refractivity contribution is -0.138. The van der Waals surface area contributed by atoms with E-state index in [2.05, 4.69) is 13.8 Å². The van der Waals surface area contributed by atoms with Crippen LogP contribution in [0.1, 0.15) is 42.8 Å². The van der Waals surface area contributed by atoms with E-state index in [4.69, 9.17) is 14.5 Å². The molecular formula is C30H28N2O4S2. The summed E-state index contributed by atoms with van der Waals surface area (Å²) in [6.07, 6.45) is 1.86. The van der Waals surface area contributed by atoms with Gasteiger partial charge in [-0.25, -0.2) is 9.79 Å². The van der Waals surface area contributed by atoms with E-state index in [1.165, 1.54) is 22.7 Å². The number of carbonyl (C=O) groups is 1. The molecule has 0 radical (unpaired) electrons. The molecule has 2 aromatic carbocycles. The SMILES string of the molecule is CCOC(=O)C1=C(c2ccccc2)N=c2sc(=Cc3ccc(OCC(C)C)cc3)c(=O)n2C1c1cccs1. The number of aromatic nitrogens is 1. The van der Waals surface area contributed by atoms with E-state index in [1.54, 1.807) is 11.5 Å². The first kappa shape index (κ1) is 25.9. The molecule has 38 heavy (non-hydrogen) atoms. The predicted molar refractivity (Wildman–Crippen MR) is 152 cm³/mol. The highest BCUT2D eigenvalue weighted by Crippen LogP contribution is 2.36. The molecule has 0 N–H and O–H groups in total. The Morgan fingerprint density at radius 1 is 1.08 bits per heavy atom. The number of carbonyl (C=O) groups excluding carboxylic acids is 1. The minimum absolute atomic E-state index is 0.193. The Kier molecular flexibility index (Phi) is 7.72. The van der Waals surface area contributed by atoms with Crippen LogP contribution >= 0.6 is 22.7 Å². The van der Waals surface area contributed by atoms with E-state index >= 15 is 0 Å². The molecule has 0 amide bonds. The van der Waals surface area contributed by atoms with Crippen LogP contribution in [0, 0.1) is 5.92 Å². The molecule has 1 atom stereocenters. The Hall–Kier alpha value is -3.75. The van der Waals surface area contributed by atoms with Crippen molar-refractivity contribution in [2.24, 2.45) is 10.9 Å². The highest BCUT2D eigenvalue weighted by Gasteiger charge is 2.35. The lowest BCUT2D eigenvalue weighted by Gasteiger charge is -2.24. The molecule has 5 rings (SSSR count). The molecule has 1 aliphatic heterocycles. The smallest absolute Gasteiger partial charge is 0.338 e. The lowest BCUT2D eigenvalue weighted by Crippen LogP contribution is -2.39. The first-order valence-corrected chi connectivity index (χ1v) is 14.2. The van der Waals surface area contributed by atoms with Gasteiger partial charge in [-0.05, 0) is 48.1 Å². The first-order valence-electron chi connectivity index (χ1n) is 12.5. The van der Waals surface area contributed by atoms with Gasteiger partial charge in [-0.15, -0.1) is 11.3 Å². The van der Waals surface area contributed by atoms with Gasteiger partial charge in [0, 0.05) is 10.4 Å². The third-order valence-electron chi connectivity index (χ3n) is 5.95. The standard InChI is InChI=1S/C30H28N2O4S2/c1-4-35-29(34)25-26(21-9-6-5-7-10-21)31-30-32(27(25)23-11-8-16-37-23)28(33)24(38-30)17-20-12-14-22(15-13-20)36-18-19(2)3/h5-17,19,27H,4,18H2,1-3H3. The van der Waals surface area contributed by atoms with E-state index < -0.39 is 12.0 Å². The zero-order valence-corrected chi connectivity index (χ0v) is 23.1. The summed E-state index contributed by atoms with van der Waals surface area (Å²) in [4.78, 5) is 33.5. The van der Waals surface area contributed by atoms with Gasteiger partial charge in [0.05, 0.1) is 29.0 Å². The Labute approximate surface area is 228 Å². The molecule has 8 heteroatoms. The number of thiazole rings is 1. The van der Waals surface area contributed by atoms with Crippen molar-refractivity contribution in [2.45, 2.75) is 26.8 Å². The number of ether oxygens (including phenoxy) is 2. The normalized spacial score (nSPS) is 15.4. The second-order valence-electron chi connectivity index (χ2n) is 9.22. The van der Waals surface area contributed by atoms with E-state index in [-0.39, 0.29) is 12.2 Å². The lowest BCUT2D eigenvalue weighted by atomic mass is 9.97. The number of nitrogens with zero attached hydrogens (tertiary/aromatic N) is 2. The van der Waals surface area contributed by atoms with E-state index in [9.17, 15) is 9.59 Å². The van der Waals surface area contributed by atoms with Crippen LogP contribution in [0.4, 0.5) is 0 Å². The van der Waals surface area contributed by atoms with Gasteiger partial charge in [0.15, 0.2) is 4.80 Å². The minimum Gasteiger partial charge on any atom is -0.493 e. The van der Waals surface area contributed by atoms with Gasteiger partial charge < -0.3 is 9.47 Å². The molecule has 3 heterocycles. The fourth-order valence-electron chi connectivity index (χ4n) is 4.23. The molecule has 0 aliphatic carbocycles. The highest BCUT2D eigenvalue weighted by atomic mass is 32.1. The van der Waals surface area contributed by atoms with Crippen LogP contribution in [0.3, 0.4) is 0 Å². The molecule has 0 spiro atoms. The molecule has 2 aromatic heterocycles. The third-order valence-corrected chi connectivity index (χ3v) is 7.86. The van der Waals surface area contributed by atoms with Crippen LogP contribution in [0.5, 0.6) is 5.75 Å². The third kappa shape index (κ3) is 5.28. The molecule has 1 aliphatic rings. The fraction of sp³-hybridized carbons (Fsp3) is 0.233. The number of esters is 1. The average molecular weight is 545 g/mol. The van der Waals surface area contributed by atoms with Crippen LogP contribution in [0.2, 0.25) is 0 Å². The maximum Gasteiger partial charge on any atom is 0.338 e. The summed E-state index contributed by atoms with van der Waals surface area (Å²) in [6.45, 7) is 6.85. The fourth-order valence-corrected chi connectivity index (χ4v) is 6.06. The molecule has 0 saturated carbocycles. The summed E-state index contributed by atoms with van der Waals surface area (Å²) in [7, 11) is 0. The van der Waals surface area contributed by atoms with Crippen LogP contribution < -0.4 is 19.6 Å². The second kappa shape index (κ2) is 11.3. The molecule has 0 saturated heterocycles. The summed E-state index contributed by atoms with van der Waals surface area (Å²) in [5.41, 5.74) is 2.38. The summed E-state index contributed by atoms with van der Waals surface area (Å²) < 4.78 is 13.4. The van der Waals surface area contributed by atoms with Gasteiger partial charge in [-0.3, -0.25) is 9.36 Å². The van der Waals surface area contributed by atoms with Gasteiger partial charge >= 0.3 is 5.97 Å². The van der Waals surface area contributed by atoms with Crippen molar-refractivity contribution >= 4 is 40.4 Å². The number of rotatable bonds is 8. The Morgan fingerprint density at radius 3 is 2.50 bits per heavy atom. The van der Waals surface area contributed by atoms with E-state index in [0.29, 0.717) is 33.1 Å². The maximum atomic E-state index is 13.8. The van der Waals surface area contributed by atoms with Gasteiger partial charge in [0.1, 0.15) is 11.8 Å². The summed E-state index contributed by atoms with van der Waals surface area (Å²) in [5.74, 6) is 0.758. The van der Waals surface area contributed by atoms with Gasteiger partial charge in [-0.2, -0.15) is 0 Å². The number of benzene rings is 2. The summed E-state index contributed by atoms with van der Waals surface area (Å²) in [6, 6.07) is 20.5. The molecule has 1 unspecified atom stereocenters. The van der Waals surface area contributed by atoms with Crippen LogP contribution in [0.15, 0.2) is 87.5 Å². The monoisotopic (exact) mass is 544 g/mol. The largest absolute Gasteiger partial charge is 0.493 e. The molecule has 6 nitrogen and oxygen atoms in total. The van der Waals surface area contributed by atoms with E-state index in [1.807, 2.05) is 78.2 Å². The Morgan fingerprint density at radius 2 is 1.84 bits per heavy atom. The first-order chi connectivity index (χ1) is 18.5. The van der Waals surface area contributed by atoms with Crippen LogP contribution in [-0.4, -0.2) is 23.8 Å². The van der Waals surface area contributed by atoms with Gasteiger partial charge in [0.25, 0.3) is 5.56 Å². The predicted octanol–water partition coefficient (Wildman–Crippen LogP) is 5.03. The average Bonchev–Trinajstić information content (AvgIpc) is 3.56. The van der Waals surface area contributed by atoms with Crippen molar-refractivity contribution < 1.29 is 14.3 Å². The van der Waals surface area contributed by atoms with Crippen LogP contribution in [-0.2, 0) is 9.53 Å². The van der Waals surface area contributed by atoms with Crippen molar-refractivity contribution in [3.05, 3.63) is 113 Å². The van der Waals surface area contributed by atoms with E-state index in [0.717, 1.165) is 21.8 Å². The molecule has 194 valence electrons. The Balaban J connectivity index is 1.67. The number of hydrogen-bond donors (Lipinski definition) is 0. The second-order valence-corrected chi connectivity index (χ2v) is 11.2. The van der Waals surface area contributed by atoms with Gasteiger partial charge in [0.2, 0.25) is 0 Å². The minimum atomic E-state index is -0.630. The maximum absolute atomic E-state index is 13.8. The van der Waals surface area contributed by atoms with Crippen molar-refractivity contribution in [2.75, 3.05) is 13.2 Å². The summed E-state index contributed by atoms with van der Waals surface area (Å²) in [5, 5.41) is 1.94. The highest BCUT2D eigenvalue weighted by molar-refractivity contribution is 7.10.